The molecular formula is C12H16N4O. The number of hydrogen-bond donors (Lipinski definition) is 3. The van der Waals surface area contributed by atoms with E-state index in [1.165, 1.54) is 0 Å². The molecule has 0 unspecified atom stereocenters. The third-order valence-electron chi connectivity index (χ3n) is 2.46. The number of fused-ring (bicyclic) bond motifs is 1. The SMILES string of the molecule is CCCNCC(=O)Nc1cccc2cn[nH]c12. The molecule has 0 bridgehead atoms. The van der Waals surface area contributed by atoms with E-state index >= 15 is 0 Å². The van der Waals surface area contributed by atoms with E-state index < -0.39 is 0 Å². The Morgan fingerprint density at radius 3 is 3.18 bits per heavy atom. The Balaban J connectivity index is 2.03. The number of carbonyl (C=O) groups excluding carboxylic acids is 1. The summed E-state index contributed by atoms with van der Waals surface area (Å²) in [5, 5.41) is 13.7. The minimum absolute atomic E-state index is 0.0412. The molecule has 2 aromatic rings. The zero-order valence-corrected chi connectivity index (χ0v) is 9.79. The van der Waals surface area contributed by atoms with Crippen molar-refractivity contribution in [3.05, 3.63) is 24.4 Å². The lowest BCUT2D eigenvalue weighted by molar-refractivity contribution is -0.115. The predicted molar refractivity (Wildman–Crippen MR) is 67.9 cm³/mol. The monoisotopic (exact) mass is 232 g/mol. The number of amides is 1. The van der Waals surface area contributed by atoms with Crippen LogP contribution in [0.5, 0.6) is 0 Å². The Kier molecular flexibility index (Phi) is 3.72. The second kappa shape index (κ2) is 5.45. The van der Waals surface area contributed by atoms with Gasteiger partial charge in [0.25, 0.3) is 0 Å². The third kappa shape index (κ3) is 2.82. The van der Waals surface area contributed by atoms with Gasteiger partial charge >= 0.3 is 0 Å². The van der Waals surface area contributed by atoms with Crippen molar-refractivity contribution in [2.45, 2.75) is 13.3 Å². The summed E-state index contributed by atoms with van der Waals surface area (Å²) in [7, 11) is 0. The van der Waals surface area contributed by atoms with E-state index in [1.807, 2.05) is 18.2 Å². The van der Waals surface area contributed by atoms with Gasteiger partial charge in [0.15, 0.2) is 0 Å². The first-order valence-electron chi connectivity index (χ1n) is 5.74. The molecule has 0 fully saturated rings. The topological polar surface area (TPSA) is 69.8 Å². The van der Waals surface area contributed by atoms with Gasteiger partial charge in [-0.25, -0.2) is 0 Å². The summed E-state index contributed by atoms with van der Waals surface area (Å²) in [5.41, 5.74) is 1.62. The van der Waals surface area contributed by atoms with Crippen molar-refractivity contribution in [1.82, 2.24) is 15.5 Å². The highest BCUT2D eigenvalue weighted by molar-refractivity contribution is 6.00. The molecule has 1 aromatic carbocycles. The number of H-pyrrole nitrogens is 1. The summed E-state index contributed by atoms with van der Waals surface area (Å²) >= 11 is 0. The van der Waals surface area contributed by atoms with E-state index in [2.05, 4.69) is 27.8 Å². The van der Waals surface area contributed by atoms with E-state index in [1.54, 1.807) is 6.20 Å². The number of nitrogens with zero attached hydrogens (tertiary/aromatic N) is 1. The smallest absolute Gasteiger partial charge is 0.238 e. The highest BCUT2D eigenvalue weighted by Gasteiger charge is 2.06. The quantitative estimate of drug-likeness (QED) is 0.684. The van der Waals surface area contributed by atoms with Crippen molar-refractivity contribution in [2.75, 3.05) is 18.4 Å². The standard InChI is InChI=1S/C12H16N4O/c1-2-6-13-8-11(17)15-10-5-3-4-9-7-14-16-12(9)10/h3-5,7,13H,2,6,8H2,1H3,(H,14,16)(H,15,17). The average Bonchev–Trinajstić information content (AvgIpc) is 2.78. The van der Waals surface area contributed by atoms with Gasteiger partial charge in [-0.1, -0.05) is 19.1 Å². The number of aromatic amines is 1. The molecular weight excluding hydrogens is 216 g/mol. The maximum Gasteiger partial charge on any atom is 0.238 e. The van der Waals surface area contributed by atoms with Crippen molar-refractivity contribution in [2.24, 2.45) is 0 Å². The van der Waals surface area contributed by atoms with Crippen LogP contribution in [-0.4, -0.2) is 29.2 Å². The Bertz CT molecular complexity index is 506. The molecule has 0 saturated carbocycles. The lowest BCUT2D eigenvalue weighted by atomic mass is 10.2. The Morgan fingerprint density at radius 1 is 1.47 bits per heavy atom. The lowest BCUT2D eigenvalue weighted by Crippen LogP contribution is -2.28. The van der Waals surface area contributed by atoms with Gasteiger partial charge in [0, 0.05) is 5.39 Å². The Morgan fingerprint density at radius 2 is 2.35 bits per heavy atom. The van der Waals surface area contributed by atoms with E-state index in [9.17, 15) is 4.79 Å². The van der Waals surface area contributed by atoms with Crippen molar-refractivity contribution in [3.8, 4) is 0 Å². The Hall–Kier alpha value is -1.88. The zero-order chi connectivity index (χ0) is 12.1. The number of aromatic nitrogens is 2. The van der Waals surface area contributed by atoms with Gasteiger partial charge < -0.3 is 10.6 Å². The summed E-state index contributed by atoms with van der Waals surface area (Å²) in [6.45, 7) is 3.25. The number of rotatable bonds is 5. The first-order valence-corrected chi connectivity index (χ1v) is 5.74. The fraction of sp³-hybridized carbons (Fsp3) is 0.333. The largest absolute Gasteiger partial charge is 0.323 e. The summed E-state index contributed by atoms with van der Waals surface area (Å²) in [6, 6.07) is 5.70. The zero-order valence-electron chi connectivity index (χ0n) is 9.79. The summed E-state index contributed by atoms with van der Waals surface area (Å²) in [5.74, 6) is -0.0412. The first kappa shape index (κ1) is 11.6. The molecule has 0 radical (unpaired) electrons. The van der Waals surface area contributed by atoms with Crippen LogP contribution in [0.1, 0.15) is 13.3 Å². The van der Waals surface area contributed by atoms with Crippen LogP contribution in [0, 0.1) is 0 Å². The summed E-state index contributed by atoms with van der Waals surface area (Å²) < 4.78 is 0. The van der Waals surface area contributed by atoms with Crippen LogP contribution in [0.2, 0.25) is 0 Å². The van der Waals surface area contributed by atoms with Crippen molar-refractivity contribution >= 4 is 22.5 Å². The molecule has 0 aliphatic heterocycles. The fourth-order valence-corrected chi connectivity index (χ4v) is 1.65. The van der Waals surface area contributed by atoms with Gasteiger partial charge in [-0.15, -0.1) is 0 Å². The van der Waals surface area contributed by atoms with Gasteiger partial charge in [-0.2, -0.15) is 5.10 Å². The molecule has 0 aliphatic rings. The molecule has 90 valence electrons. The maximum atomic E-state index is 11.6. The number of hydrogen-bond acceptors (Lipinski definition) is 3. The summed E-state index contributed by atoms with van der Waals surface area (Å²) in [6.07, 6.45) is 2.75. The molecule has 1 aromatic heterocycles. The molecule has 5 heteroatoms. The van der Waals surface area contributed by atoms with Gasteiger partial charge in [-0.3, -0.25) is 9.89 Å². The van der Waals surface area contributed by atoms with Crippen LogP contribution in [-0.2, 0) is 4.79 Å². The molecule has 17 heavy (non-hydrogen) atoms. The maximum absolute atomic E-state index is 11.6. The third-order valence-corrected chi connectivity index (χ3v) is 2.46. The second-order valence-corrected chi connectivity index (χ2v) is 3.86. The van der Waals surface area contributed by atoms with E-state index in [0.717, 1.165) is 29.6 Å². The second-order valence-electron chi connectivity index (χ2n) is 3.86. The minimum Gasteiger partial charge on any atom is -0.323 e. The highest BCUT2D eigenvalue weighted by atomic mass is 16.1. The molecule has 1 heterocycles. The van der Waals surface area contributed by atoms with E-state index in [0.29, 0.717) is 6.54 Å². The van der Waals surface area contributed by atoms with Crippen molar-refractivity contribution in [1.29, 1.82) is 0 Å². The van der Waals surface area contributed by atoms with Crippen molar-refractivity contribution < 1.29 is 4.79 Å². The summed E-state index contributed by atoms with van der Waals surface area (Å²) in [4.78, 5) is 11.6. The molecule has 0 spiro atoms. The van der Waals surface area contributed by atoms with Crippen LogP contribution in [0.15, 0.2) is 24.4 Å². The number of para-hydroxylation sites is 1. The van der Waals surface area contributed by atoms with Crippen LogP contribution in [0.3, 0.4) is 0 Å². The predicted octanol–water partition coefficient (Wildman–Crippen LogP) is 1.50. The molecule has 5 nitrogen and oxygen atoms in total. The minimum atomic E-state index is -0.0412. The van der Waals surface area contributed by atoms with Gasteiger partial charge in [0.2, 0.25) is 5.91 Å². The molecule has 0 saturated heterocycles. The van der Waals surface area contributed by atoms with Gasteiger partial charge in [-0.05, 0) is 19.0 Å². The number of anilines is 1. The lowest BCUT2D eigenvalue weighted by Gasteiger charge is -2.06. The van der Waals surface area contributed by atoms with Crippen molar-refractivity contribution in [3.63, 3.8) is 0 Å². The van der Waals surface area contributed by atoms with E-state index in [-0.39, 0.29) is 5.91 Å². The number of nitrogens with one attached hydrogen (secondary N) is 3. The molecule has 3 N–H and O–H groups in total. The Labute approximate surface area is 99.6 Å². The van der Waals surface area contributed by atoms with Crippen LogP contribution in [0.4, 0.5) is 5.69 Å². The van der Waals surface area contributed by atoms with Crippen LogP contribution < -0.4 is 10.6 Å². The van der Waals surface area contributed by atoms with E-state index in [4.69, 9.17) is 0 Å². The first-order chi connectivity index (χ1) is 8.31. The number of benzene rings is 1. The van der Waals surface area contributed by atoms with Gasteiger partial charge in [0.1, 0.15) is 0 Å². The van der Waals surface area contributed by atoms with Crippen LogP contribution in [0.25, 0.3) is 10.9 Å². The van der Waals surface area contributed by atoms with Crippen LogP contribution >= 0.6 is 0 Å². The normalized spacial score (nSPS) is 10.6. The number of carbonyl (C=O) groups is 1. The molecule has 1 amide bonds. The fourth-order valence-electron chi connectivity index (χ4n) is 1.65. The van der Waals surface area contributed by atoms with Gasteiger partial charge in [0.05, 0.1) is 23.9 Å². The molecule has 2 rings (SSSR count). The molecule has 0 aliphatic carbocycles. The molecule has 0 atom stereocenters. The average molecular weight is 232 g/mol. The highest BCUT2D eigenvalue weighted by Crippen LogP contribution is 2.19.